The second-order valence-electron chi connectivity index (χ2n) is 5.49. The highest BCUT2D eigenvalue weighted by Crippen LogP contribution is 2.26. The molecular weight excluding hydrogens is 400 g/mol. The Morgan fingerprint density at radius 1 is 1.14 bits per heavy atom. The number of nitrogens with one attached hydrogen (secondary N) is 1. The lowest BCUT2D eigenvalue weighted by Crippen LogP contribution is -2.43. The lowest BCUT2D eigenvalue weighted by Gasteiger charge is -2.17. The highest BCUT2D eigenvalue weighted by Gasteiger charge is 2.31. The first-order chi connectivity index (χ1) is 13.7. The Balaban J connectivity index is 1.71. The number of carbonyl (C=O) groups excluding carboxylic acids is 1. The zero-order valence-corrected chi connectivity index (χ0v) is 14.4. The zero-order valence-electron chi connectivity index (χ0n) is 14.4. The predicted molar refractivity (Wildman–Crippen MR) is 89.8 cm³/mol. The highest BCUT2D eigenvalue weighted by atomic mass is 19.4. The first-order valence-electron chi connectivity index (χ1n) is 7.90. The van der Waals surface area contributed by atoms with Crippen LogP contribution in [0.5, 0.6) is 5.75 Å². The summed E-state index contributed by atoms with van der Waals surface area (Å²) in [5, 5.41) is 13.9. The molecule has 8 nitrogen and oxygen atoms in total. The Bertz CT molecular complexity index is 974. The van der Waals surface area contributed by atoms with Crippen molar-refractivity contribution in [1.82, 2.24) is 15.6 Å². The van der Waals surface area contributed by atoms with Crippen molar-refractivity contribution in [3.05, 3.63) is 59.9 Å². The summed E-state index contributed by atoms with van der Waals surface area (Å²) < 4.78 is 58.3. The second kappa shape index (κ2) is 8.14. The molecule has 0 saturated carbocycles. The normalized spacial score (nSPS) is 11.2. The van der Waals surface area contributed by atoms with Gasteiger partial charge in [0.2, 0.25) is 5.82 Å². The lowest BCUT2D eigenvalue weighted by molar-refractivity contribution is -0.274. The largest absolute Gasteiger partial charge is 0.573 e. The molecule has 12 heteroatoms. The quantitative estimate of drug-likeness (QED) is 0.365. The summed E-state index contributed by atoms with van der Waals surface area (Å²) in [5.41, 5.74) is 2.72. The molecule has 2 aromatic carbocycles. The molecule has 29 heavy (non-hydrogen) atoms. The molecule has 3 rings (SSSR count). The van der Waals surface area contributed by atoms with Gasteiger partial charge in [0.1, 0.15) is 18.3 Å². The molecule has 2 N–H and O–H groups in total. The Morgan fingerprint density at radius 3 is 2.38 bits per heavy atom. The minimum Gasteiger partial charge on any atom is -0.406 e. The second-order valence-corrected chi connectivity index (χ2v) is 5.49. The van der Waals surface area contributed by atoms with Crippen LogP contribution < -0.4 is 15.2 Å². The Morgan fingerprint density at radius 2 is 1.79 bits per heavy atom. The van der Waals surface area contributed by atoms with E-state index in [9.17, 15) is 27.5 Å². The molecule has 0 atom stereocenters. The average Bonchev–Trinajstić information content (AvgIpc) is 3.15. The lowest BCUT2D eigenvalue weighted by atomic mass is 10.2. The molecule has 0 aliphatic carbocycles. The molecule has 0 saturated heterocycles. The number of alkyl halides is 3. The maximum atomic E-state index is 12.9. The fourth-order valence-electron chi connectivity index (χ4n) is 2.18. The van der Waals surface area contributed by atoms with Gasteiger partial charge in [-0.3, -0.25) is 10.2 Å². The Labute approximate surface area is 160 Å². The van der Waals surface area contributed by atoms with Crippen LogP contribution in [0.15, 0.2) is 53.1 Å². The van der Waals surface area contributed by atoms with Crippen LogP contribution in [0, 0.1) is 5.82 Å². The standard InChI is InChI=1S/C17H12F4N4O4/c18-12-5-1-11(2-6-12)15(27)23-25(9-26)16-22-14(24-29-16)10-3-7-13(8-4-10)28-17(19,20)21/h1-8,26H,9H2,(H,23,27). The molecule has 0 fully saturated rings. The summed E-state index contributed by atoms with van der Waals surface area (Å²) >= 11 is 0. The van der Waals surface area contributed by atoms with Gasteiger partial charge in [-0.2, -0.15) is 4.98 Å². The Hall–Kier alpha value is -3.67. The van der Waals surface area contributed by atoms with Gasteiger partial charge < -0.3 is 14.4 Å². The first kappa shape index (κ1) is 20.1. The van der Waals surface area contributed by atoms with E-state index in [2.05, 4.69) is 20.3 Å². The number of ether oxygens (including phenoxy) is 1. The number of aliphatic hydroxyl groups is 1. The van der Waals surface area contributed by atoms with Gasteiger partial charge in [0.15, 0.2) is 0 Å². The SMILES string of the molecule is O=C(NN(CO)c1nc(-c2ccc(OC(F)(F)F)cc2)no1)c1ccc(F)cc1. The zero-order chi connectivity index (χ0) is 21.0. The van der Waals surface area contributed by atoms with E-state index >= 15 is 0 Å². The molecule has 1 aromatic heterocycles. The number of halogens is 4. The number of nitrogens with zero attached hydrogens (tertiary/aromatic N) is 3. The van der Waals surface area contributed by atoms with Crippen LogP contribution in [-0.2, 0) is 0 Å². The summed E-state index contributed by atoms with van der Waals surface area (Å²) in [4.78, 5) is 16.1. The van der Waals surface area contributed by atoms with E-state index in [1.165, 1.54) is 24.3 Å². The van der Waals surface area contributed by atoms with Crippen molar-refractivity contribution in [1.29, 1.82) is 0 Å². The number of benzene rings is 2. The van der Waals surface area contributed by atoms with Crippen LogP contribution in [0.3, 0.4) is 0 Å². The van der Waals surface area contributed by atoms with Gasteiger partial charge in [-0.05, 0) is 48.5 Å². The molecule has 1 amide bonds. The highest BCUT2D eigenvalue weighted by molar-refractivity contribution is 5.94. The minimum atomic E-state index is -4.81. The predicted octanol–water partition coefficient (Wildman–Crippen LogP) is 2.88. The topological polar surface area (TPSA) is 101 Å². The minimum absolute atomic E-state index is 0.00644. The molecule has 0 spiro atoms. The van der Waals surface area contributed by atoms with E-state index in [0.717, 1.165) is 29.3 Å². The summed E-state index contributed by atoms with van der Waals surface area (Å²) in [6.07, 6.45) is -4.81. The maximum absolute atomic E-state index is 12.9. The summed E-state index contributed by atoms with van der Waals surface area (Å²) in [7, 11) is 0. The monoisotopic (exact) mass is 412 g/mol. The average molecular weight is 412 g/mol. The third-order valence-corrected chi connectivity index (χ3v) is 3.48. The van der Waals surface area contributed by atoms with E-state index in [0.29, 0.717) is 5.56 Å². The van der Waals surface area contributed by atoms with E-state index < -0.39 is 30.6 Å². The fourth-order valence-corrected chi connectivity index (χ4v) is 2.18. The number of carbonyl (C=O) groups is 1. The third-order valence-electron chi connectivity index (χ3n) is 3.48. The summed E-state index contributed by atoms with van der Waals surface area (Å²) in [5.74, 6) is -1.62. The number of aliphatic hydroxyl groups excluding tert-OH is 1. The van der Waals surface area contributed by atoms with Crippen molar-refractivity contribution in [3.8, 4) is 17.1 Å². The van der Waals surface area contributed by atoms with Crippen molar-refractivity contribution >= 4 is 11.9 Å². The van der Waals surface area contributed by atoms with Crippen LogP contribution in [0.2, 0.25) is 0 Å². The van der Waals surface area contributed by atoms with E-state index in [1.54, 1.807) is 0 Å². The smallest absolute Gasteiger partial charge is 0.406 e. The maximum Gasteiger partial charge on any atom is 0.573 e. The van der Waals surface area contributed by atoms with Crippen molar-refractivity contribution in [2.75, 3.05) is 11.7 Å². The van der Waals surface area contributed by atoms with Gasteiger partial charge in [-0.25, -0.2) is 9.40 Å². The Kier molecular flexibility index (Phi) is 5.64. The van der Waals surface area contributed by atoms with Crippen molar-refractivity contribution in [2.45, 2.75) is 6.36 Å². The number of hydrogen-bond donors (Lipinski definition) is 2. The molecule has 0 aliphatic heterocycles. The fraction of sp³-hybridized carbons (Fsp3) is 0.118. The van der Waals surface area contributed by atoms with Crippen molar-refractivity contribution in [3.63, 3.8) is 0 Å². The molecule has 0 radical (unpaired) electrons. The van der Waals surface area contributed by atoms with E-state index in [1.807, 2.05) is 0 Å². The number of aromatic nitrogens is 2. The molecule has 0 bridgehead atoms. The first-order valence-corrected chi connectivity index (χ1v) is 7.90. The van der Waals surface area contributed by atoms with Crippen molar-refractivity contribution < 1.29 is 36.7 Å². The third kappa shape index (κ3) is 5.19. The van der Waals surface area contributed by atoms with E-state index in [-0.39, 0.29) is 17.4 Å². The molecule has 0 unspecified atom stereocenters. The van der Waals surface area contributed by atoms with Crippen molar-refractivity contribution in [2.24, 2.45) is 0 Å². The molecule has 3 aromatic rings. The van der Waals surface area contributed by atoms with Crippen LogP contribution in [-0.4, -0.2) is 34.2 Å². The molecule has 1 heterocycles. The van der Waals surface area contributed by atoms with Crippen LogP contribution >= 0.6 is 0 Å². The van der Waals surface area contributed by atoms with Gasteiger partial charge in [0.25, 0.3) is 5.91 Å². The number of hydrogen-bond acceptors (Lipinski definition) is 7. The number of amides is 1. The number of hydrazine groups is 1. The van der Waals surface area contributed by atoms with E-state index in [4.69, 9.17) is 4.52 Å². The number of anilines is 1. The van der Waals surface area contributed by atoms with Gasteiger partial charge >= 0.3 is 12.4 Å². The van der Waals surface area contributed by atoms with Gasteiger partial charge in [0, 0.05) is 11.1 Å². The molecule has 0 aliphatic rings. The van der Waals surface area contributed by atoms with Crippen LogP contribution in [0.25, 0.3) is 11.4 Å². The molecular formula is C17H12F4N4O4. The van der Waals surface area contributed by atoms with Gasteiger partial charge in [-0.1, -0.05) is 5.16 Å². The summed E-state index contributed by atoms with van der Waals surface area (Å²) in [6, 6.07) is 9.07. The van der Waals surface area contributed by atoms with Gasteiger partial charge in [0.05, 0.1) is 0 Å². The molecule has 152 valence electrons. The van der Waals surface area contributed by atoms with Gasteiger partial charge in [-0.15, -0.1) is 13.2 Å². The van der Waals surface area contributed by atoms with Crippen LogP contribution in [0.1, 0.15) is 10.4 Å². The van der Waals surface area contributed by atoms with Crippen LogP contribution in [0.4, 0.5) is 23.6 Å². The summed E-state index contributed by atoms with van der Waals surface area (Å²) in [6.45, 7) is -0.729. The number of rotatable bonds is 6.